The third-order valence-corrected chi connectivity index (χ3v) is 7.10. The molecule has 0 saturated carbocycles. The van der Waals surface area contributed by atoms with Crippen LogP contribution in [0, 0.1) is 12.7 Å². The minimum atomic E-state index is -0.601. The minimum absolute atomic E-state index is 0.225. The molecule has 2 atom stereocenters. The number of hydrogen-bond donors (Lipinski definition) is 1. The van der Waals surface area contributed by atoms with Crippen LogP contribution in [-0.4, -0.2) is 75.0 Å². The molecule has 2 aromatic heterocycles. The molecule has 0 spiro atoms. The van der Waals surface area contributed by atoms with Gasteiger partial charge in [0.05, 0.1) is 27.3 Å². The van der Waals surface area contributed by atoms with Gasteiger partial charge in [0.25, 0.3) is 0 Å². The highest BCUT2D eigenvalue weighted by atomic mass is 32.1. The van der Waals surface area contributed by atoms with E-state index in [1.807, 2.05) is 25.1 Å². The first kappa shape index (κ1) is 23.8. The van der Waals surface area contributed by atoms with Crippen molar-refractivity contribution >= 4 is 21.6 Å². The van der Waals surface area contributed by atoms with Crippen LogP contribution in [0.3, 0.4) is 0 Å². The van der Waals surface area contributed by atoms with Crippen molar-refractivity contribution in [3.8, 4) is 17.1 Å². The summed E-state index contributed by atoms with van der Waals surface area (Å²) in [5.74, 6) is 1.07. The van der Waals surface area contributed by atoms with Crippen molar-refractivity contribution in [1.29, 1.82) is 0 Å². The predicted molar refractivity (Wildman–Crippen MR) is 132 cm³/mol. The Hall–Kier alpha value is -2.92. The maximum absolute atomic E-state index is 14.0. The molecule has 1 aliphatic rings. The van der Waals surface area contributed by atoms with Gasteiger partial charge >= 0.3 is 0 Å². The van der Waals surface area contributed by atoms with Crippen molar-refractivity contribution in [1.82, 2.24) is 24.9 Å². The molecule has 0 amide bonds. The van der Waals surface area contributed by atoms with Gasteiger partial charge in [-0.25, -0.2) is 9.37 Å². The zero-order valence-corrected chi connectivity index (χ0v) is 20.5. The normalized spacial score (nSPS) is 18.2. The Labute approximate surface area is 207 Å². The number of piperazine rings is 1. The van der Waals surface area contributed by atoms with E-state index in [4.69, 9.17) is 9.26 Å². The number of β-amino-alcohol motifs (C(OH)–C–C–N with tert-alkyl or cyclic N) is 1. The highest BCUT2D eigenvalue weighted by molar-refractivity contribution is 7.18. The number of halogens is 1. The van der Waals surface area contributed by atoms with Gasteiger partial charge < -0.3 is 14.4 Å². The summed E-state index contributed by atoms with van der Waals surface area (Å²) in [6, 6.07) is 12.5. The van der Waals surface area contributed by atoms with E-state index >= 15 is 0 Å². The molecule has 184 valence electrons. The van der Waals surface area contributed by atoms with Crippen LogP contribution >= 0.6 is 11.3 Å². The number of aromatic nitrogens is 3. The third-order valence-electron chi connectivity index (χ3n) is 6.14. The fourth-order valence-electron chi connectivity index (χ4n) is 4.38. The van der Waals surface area contributed by atoms with Crippen LogP contribution in [0.15, 0.2) is 47.0 Å². The molecule has 0 aliphatic carbocycles. The van der Waals surface area contributed by atoms with Crippen LogP contribution in [0.5, 0.6) is 5.75 Å². The number of thiazole rings is 1. The number of aliphatic hydroxyl groups excluding tert-OH is 1. The van der Waals surface area contributed by atoms with Gasteiger partial charge in [-0.2, -0.15) is 4.98 Å². The van der Waals surface area contributed by atoms with E-state index in [-0.39, 0.29) is 24.3 Å². The summed E-state index contributed by atoms with van der Waals surface area (Å²) in [5.41, 5.74) is 1.25. The first-order valence-electron chi connectivity index (χ1n) is 11.7. The third kappa shape index (κ3) is 5.67. The summed E-state index contributed by atoms with van der Waals surface area (Å²) in [4.78, 5) is 13.4. The van der Waals surface area contributed by atoms with E-state index in [1.54, 1.807) is 29.5 Å². The minimum Gasteiger partial charge on any atom is -0.491 e. The van der Waals surface area contributed by atoms with Crippen molar-refractivity contribution < 1.29 is 18.8 Å². The van der Waals surface area contributed by atoms with Crippen LogP contribution in [0.25, 0.3) is 21.6 Å². The van der Waals surface area contributed by atoms with Gasteiger partial charge in [0.15, 0.2) is 0 Å². The van der Waals surface area contributed by atoms with Crippen molar-refractivity contribution in [3.05, 3.63) is 59.2 Å². The summed E-state index contributed by atoms with van der Waals surface area (Å²) < 4.78 is 26.3. The fraction of sp³-hybridized carbons (Fsp3) is 0.400. The SMILES string of the molecule is Cc1nc2cc(OC[C@H](O)CN3CCN(Cc4nc(-c5ccccc5F)no4)C[C@@H]3C)ccc2s1. The van der Waals surface area contributed by atoms with E-state index in [0.717, 1.165) is 34.9 Å². The molecule has 3 heterocycles. The molecule has 1 fully saturated rings. The lowest BCUT2D eigenvalue weighted by Gasteiger charge is -2.40. The number of hydrogen-bond acceptors (Lipinski definition) is 9. The number of benzene rings is 2. The number of aryl methyl sites for hydroxylation is 1. The summed E-state index contributed by atoms with van der Waals surface area (Å²) in [6.07, 6.45) is -0.601. The number of aliphatic hydroxyl groups is 1. The van der Waals surface area contributed by atoms with Crippen LogP contribution < -0.4 is 4.74 Å². The number of fused-ring (bicyclic) bond motifs is 1. The molecule has 4 aromatic rings. The fourth-order valence-corrected chi connectivity index (χ4v) is 5.18. The second-order valence-electron chi connectivity index (χ2n) is 8.90. The molecule has 5 rings (SSSR count). The van der Waals surface area contributed by atoms with Gasteiger partial charge in [0.2, 0.25) is 11.7 Å². The molecular weight excluding hydrogens is 469 g/mol. The first-order chi connectivity index (χ1) is 16.9. The Morgan fingerprint density at radius 3 is 2.91 bits per heavy atom. The Balaban J connectivity index is 1.10. The molecule has 1 aliphatic heterocycles. The van der Waals surface area contributed by atoms with Gasteiger partial charge in [-0.1, -0.05) is 17.3 Å². The predicted octanol–water partition coefficient (Wildman–Crippen LogP) is 3.74. The zero-order valence-electron chi connectivity index (χ0n) is 19.7. The molecule has 2 aromatic carbocycles. The molecule has 8 nitrogen and oxygen atoms in total. The van der Waals surface area contributed by atoms with Crippen molar-refractivity contribution in [2.45, 2.75) is 32.5 Å². The number of nitrogens with zero attached hydrogens (tertiary/aromatic N) is 5. The summed E-state index contributed by atoms with van der Waals surface area (Å²) >= 11 is 1.65. The van der Waals surface area contributed by atoms with Gasteiger partial charge in [-0.15, -0.1) is 11.3 Å². The maximum atomic E-state index is 14.0. The monoisotopic (exact) mass is 497 g/mol. The molecule has 10 heteroatoms. The molecule has 1 N–H and O–H groups in total. The molecule has 35 heavy (non-hydrogen) atoms. The van der Waals surface area contributed by atoms with Crippen molar-refractivity contribution in [2.24, 2.45) is 0 Å². The smallest absolute Gasteiger partial charge is 0.241 e. The van der Waals surface area contributed by atoms with Gasteiger partial charge in [0, 0.05) is 38.3 Å². The quantitative estimate of drug-likeness (QED) is 0.394. The zero-order chi connectivity index (χ0) is 24.4. The second-order valence-corrected chi connectivity index (χ2v) is 10.1. The van der Waals surface area contributed by atoms with Crippen LogP contribution in [0.1, 0.15) is 17.8 Å². The Morgan fingerprint density at radius 1 is 1.23 bits per heavy atom. The van der Waals surface area contributed by atoms with E-state index in [2.05, 4.69) is 31.8 Å². The second kappa shape index (κ2) is 10.4. The standard InChI is InChI=1S/C25H28FN5O3S/c1-16-12-30(14-24-28-25(29-34-24)20-5-3-4-6-21(20)26)9-10-31(16)13-18(32)15-33-19-7-8-23-22(11-19)27-17(2)35-23/h3-8,11,16,18,32H,9-10,12-15H2,1-2H3/t16-,18+/m0/s1. The van der Waals surface area contributed by atoms with Gasteiger partial charge in [-0.3, -0.25) is 9.80 Å². The van der Waals surface area contributed by atoms with Crippen LogP contribution in [0.4, 0.5) is 4.39 Å². The Kier molecular flexibility index (Phi) is 7.05. The molecule has 0 radical (unpaired) electrons. The number of ether oxygens (including phenoxy) is 1. The van der Waals surface area contributed by atoms with Gasteiger partial charge in [0.1, 0.15) is 24.3 Å². The average Bonchev–Trinajstić information content (AvgIpc) is 3.45. The van der Waals surface area contributed by atoms with E-state index in [9.17, 15) is 9.50 Å². The number of rotatable bonds is 8. The highest BCUT2D eigenvalue weighted by Crippen LogP contribution is 2.26. The van der Waals surface area contributed by atoms with Crippen molar-refractivity contribution in [3.63, 3.8) is 0 Å². The molecular formula is C25H28FN5O3S. The Morgan fingerprint density at radius 2 is 2.09 bits per heavy atom. The van der Waals surface area contributed by atoms with E-state index < -0.39 is 6.10 Å². The van der Waals surface area contributed by atoms with Gasteiger partial charge in [-0.05, 0) is 38.1 Å². The topological polar surface area (TPSA) is 87.8 Å². The average molecular weight is 498 g/mol. The lowest BCUT2D eigenvalue weighted by molar-refractivity contribution is 0.0174. The summed E-state index contributed by atoms with van der Waals surface area (Å²) in [7, 11) is 0. The first-order valence-corrected chi connectivity index (χ1v) is 12.5. The Bertz CT molecular complexity index is 1300. The highest BCUT2D eigenvalue weighted by Gasteiger charge is 2.27. The van der Waals surface area contributed by atoms with Crippen LogP contribution in [-0.2, 0) is 6.54 Å². The molecule has 1 saturated heterocycles. The van der Waals surface area contributed by atoms with E-state index in [1.165, 1.54) is 6.07 Å². The van der Waals surface area contributed by atoms with E-state index in [0.29, 0.717) is 30.3 Å². The van der Waals surface area contributed by atoms with Crippen molar-refractivity contribution in [2.75, 3.05) is 32.8 Å². The summed E-state index contributed by atoms with van der Waals surface area (Å²) in [6.45, 7) is 7.78. The van der Waals surface area contributed by atoms with Crippen LogP contribution in [0.2, 0.25) is 0 Å². The lowest BCUT2D eigenvalue weighted by Crippen LogP contribution is -2.53. The molecule has 0 unspecified atom stereocenters. The molecule has 0 bridgehead atoms. The maximum Gasteiger partial charge on any atom is 0.241 e. The lowest BCUT2D eigenvalue weighted by atomic mass is 10.1. The summed E-state index contributed by atoms with van der Waals surface area (Å²) in [5, 5.41) is 15.5. The largest absolute Gasteiger partial charge is 0.491 e.